The van der Waals surface area contributed by atoms with Gasteiger partial charge in [0.15, 0.2) is 5.16 Å². The molecule has 0 bridgehead atoms. The first-order chi connectivity index (χ1) is 13.7. The lowest BCUT2D eigenvalue weighted by Crippen LogP contribution is -2.21. The predicted molar refractivity (Wildman–Crippen MR) is 113 cm³/mol. The fourth-order valence-electron chi connectivity index (χ4n) is 2.93. The van der Waals surface area contributed by atoms with Gasteiger partial charge in [0.25, 0.3) is 5.56 Å². The molecule has 0 saturated heterocycles. The van der Waals surface area contributed by atoms with E-state index in [1.54, 1.807) is 42.3 Å². The average Bonchev–Trinajstić information content (AvgIpc) is 2.73. The second kappa shape index (κ2) is 8.04. The first kappa shape index (κ1) is 18.5. The number of thioether (sulfide) groups is 1. The van der Waals surface area contributed by atoms with Crippen molar-refractivity contribution in [2.24, 2.45) is 0 Å². The topological polar surface area (TPSA) is 57.0 Å². The maximum atomic E-state index is 13.2. The number of ether oxygens (including phenoxy) is 1. The van der Waals surface area contributed by atoms with Gasteiger partial charge in [0.1, 0.15) is 5.75 Å². The molecule has 0 unspecified atom stereocenters. The van der Waals surface area contributed by atoms with Crippen LogP contribution in [0.4, 0.5) is 0 Å². The second-order valence-electron chi connectivity index (χ2n) is 6.01. The summed E-state index contributed by atoms with van der Waals surface area (Å²) in [5.74, 6) is 1.29. The van der Waals surface area contributed by atoms with Crippen molar-refractivity contribution in [3.05, 3.63) is 87.9 Å². The lowest BCUT2D eigenvalue weighted by atomic mass is 10.2. The van der Waals surface area contributed by atoms with Gasteiger partial charge in [-0.15, -0.1) is 0 Å². The molecule has 0 aliphatic rings. The van der Waals surface area contributed by atoms with Gasteiger partial charge in [-0.05, 0) is 42.5 Å². The highest BCUT2D eigenvalue weighted by atomic mass is 35.5. The van der Waals surface area contributed by atoms with E-state index in [4.69, 9.17) is 21.3 Å². The Balaban J connectivity index is 1.82. The highest BCUT2D eigenvalue weighted by Crippen LogP contribution is 2.30. The fraction of sp³-hybridized carbons (Fsp3) is 0.0952. The van der Waals surface area contributed by atoms with Gasteiger partial charge in [0.05, 0.1) is 29.9 Å². The van der Waals surface area contributed by atoms with E-state index in [9.17, 15) is 4.79 Å². The molecule has 0 aliphatic heterocycles. The molecule has 0 spiro atoms. The molecule has 0 fully saturated rings. The summed E-state index contributed by atoms with van der Waals surface area (Å²) in [4.78, 5) is 22.1. The van der Waals surface area contributed by atoms with E-state index in [2.05, 4.69) is 4.98 Å². The number of pyridine rings is 1. The molecule has 7 heteroatoms. The zero-order chi connectivity index (χ0) is 19.5. The molecular formula is C21H16ClN3O2S. The predicted octanol–water partition coefficient (Wildman–Crippen LogP) is 4.74. The van der Waals surface area contributed by atoms with Crippen LogP contribution in [0.5, 0.6) is 5.75 Å². The number of nitrogens with zero attached hydrogens (tertiary/aromatic N) is 3. The first-order valence-corrected chi connectivity index (χ1v) is 9.91. The molecule has 0 aliphatic carbocycles. The highest BCUT2D eigenvalue weighted by Gasteiger charge is 2.14. The highest BCUT2D eigenvalue weighted by molar-refractivity contribution is 7.98. The molecular weight excluding hydrogens is 394 g/mol. The number of hydrogen-bond acceptors (Lipinski definition) is 5. The van der Waals surface area contributed by atoms with Gasteiger partial charge in [0, 0.05) is 22.5 Å². The van der Waals surface area contributed by atoms with Crippen LogP contribution in [0.15, 0.2) is 76.9 Å². The van der Waals surface area contributed by atoms with Crippen LogP contribution in [0.25, 0.3) is 16.6 Å². The average molecular weight is 410 g/mol. The number of halogens is 1. The van der Waals surface area contributed by atoms with E-state index >= 15 is 0 Å². The third-order valence-corrected chi connectivity index (χ3v) is 5.47. The normalized spacial score (nSPS) is 10.9. The van der Waals surface area contributed by atoms with Crippen LogP contribution in [0.1, 0.15) is 5.56 Å². The third kappa shape index (κ3) is 3.61. The summed E-state index contributed by atoms with van der Waals surface area (Å²) in [7, 11) is 1.62. The zero-order valence-corrected chi connectivity index (χ0v) is 16.6. The van der Waals surface area contributed by atoms with Crippen molar-refractivity contribution in [1.29, 1.82) is 0 Å². The number of methoxy groups -OCH3 is 1. The van der Waals surface area contributed by atoms with Gasteiger partial charge in [0.2, 0.25) is 0 Å². The van der Waals surface area contributed by atoms with Crippen molar-refractivity contribution in [1.82, 2.24) is 14.5 Å². The molecule has 5 nitrogen and oxygen atoms in total. The van der Waals surface area contributed by atoms with Gasteiger partial charge < -0.3 is 4.74 Å². The van der Waals surface area contributed by atoms with E-state index in [0.717, 1.165) is 11.3 Å². The maximum absolute atomic E-state index is 13.2. The van der Waals surface area contributed by atoms with E-state index in [-0.39, 0.29) is 5.56 Å². The number of aromatic nitrogens is 3. The number of benzene rings is 2. The Morgan fingerprint density at radius 2 is 2.00 bits per heavy atom. The van der Waals surface area contributed by atoms with Gasteiger partial charge in [-0.1, -0.05) is 35.5 Å². The summed E-state index contributed by atoms with van der Waals surface area (Å²) >= 11 is 7.59. The molecule has 2 aromatic heterocycles. The molecule has 0 atom stereocenters. The standard InChI is InChI=1S/C21H16ClN3O2S/c1-27-19-9-8-15(22)11-14(19)13-28-21-24-18-7-3-2-6-17(18)20(26)25(21)16-5-4-10-23-12-16/h2-12H,13H2,1H3. The Bertz CT molecular complexity index is 1200. The van der Waals surface area contributed by atoms with Crippen molar-refractivity contribution in [2.75, 3.05) is 7.11 Å². The minimum absolute atomic E-state index is 0.126. The third-order valence-electron chi connectivity index (χ3n) is 4.25. The van der Waals surface area contributed by atoms with Crippen LogP contribution >= 0.6 is 23.4 Å². The van der Waals surface area contributed by atoms with Crippen LogP contribution in [0, 0.1) is 0 Å². The molecule has 0 radical (unpaired) electrons. The van der Waals surface area contributed by atoms with Crippen molar-refractivity contribution in [2.45, 2.75) is 10.9 Å². The molecule has 4 rings (SSSR count). The Morgan fingerprint density at radius 1 is 1.14 bits per heavy atom. The van der Waals surface area contributed by atoms with E-state index in [0.29, 0.717) is 32.5 Å². The first-order valence-electron chi connectivity index (χ1n) is 8.55. The summed E-state index contributed by atoms with van der Waals surface area (Å²) in [6, 6.07) is 16.5. The second-order valence-corrected chi connectivity index (χ2v) is 7.39. The lowest BCUT2D eigenvalue weighted by molar-refractivity contribution is 0.411. The van der Waals surface area contributed by atoms with Crippen LogP contribution in [0.3, 0.4) is 0 Å². The van der Waals surface area contributed by atoms with Crippen molar-refractivity contribution < 1.29 is 4.74 Å². The molecule has 2 heterocycles. The molecule has 28 heavy (non-hydrogen) atoms. The number of para-hydroxylation sites is 1. The van der Waals surface area contributed by atoms with E-state index < -0.39 is 0 Å². The molecule has 0 amide bonds. The van der Waals surface area contributed by atoms with Crippen LogP contribution < -0.4 is 10.3 Å². The summed E-state index contributed by atoms with van der Waals surface area (Å²) in [6.07, 6.45) is 3.33. The largest absolute Gasteiger partial charge is 0.496 e. The number of hydrogen-bond donors (Lipinski definition) is 0. The minimum Gasteiger partial charge on any atom is -0.496 e. The smallest absolute Gasteiger partial charge is 0.266 e. The SMILES string of the molecule is COc1ccc(Cl)cc1CSc1nc2ccccc2c(=O)n1-c1cccnc1. The molecule has 2 aromatic carbocycles. The zero-order valence-electron chi connectivity index (χ0n) is 15.0. The van der Waals surface area contributed by atoms with Gasteiger partial charge in [-0.3, -0.25) is 14.3 Å². The fourth-order valence-corrected chi connectivity index (χ4v) is 4.11. The summed E-state index contributed by atoms with van der Waals surface area (Å²) in [5.41, 5.74) is 2.14. The van der Waals surface area contributed by atoms with Crippen molar-refractivity contribution in [3.8, 4) is 11.4 Å². The molecule has 140 valence electrons. The maximum Gasteiger partial charge on any atom is 0.266 e. The number of fused-ring (bicyclic) bond motifs is 1. The lowest BCUT2D eigenvalue weighted by Gasteiger charge is -2.14. The Kier molecular flexibility index (Phi) is 5.32. The van der Waals surface area contributed by atoms with E-state index in [1.807, 2.05) is 36.4 Å². The summed E-state index contributed by atoms with van der Waals surface area (Å²) in [5, 5.41) is 1.78. The Labute approximate surface area is 171 Å². The minimum atomic E-state index is -0.126. The number of rotatable bonds is 5. The van der Waals surface area contributed by atoms with Crippen LogP contribution in [-0.4, -0.2) is 21.6 Å². The Morgan fingerprint density at radius 3 is 2.79 bits per heavy atom. The van der Waals surface area contributed by atoms with Crippen LogP contribution in [-0.2, 0) is 5.75 Å². The van der Waals surface area contributed by atoms with Gasteiger partial charge in [-0.2, -0.15) is 0 Å². The molecule has 0 N–H and O–H groups in total. The molecule has 0 saturated carbocycles. The van der Waals surface area contributed by atoms with Gasteiger partial charge >= 0.3 is 0 Å². The van der Waals surface area contributed by atoms with E-state index in [1.165, 1.54) is 11.8 Å². The van der Waals surface area contributed by atoms with Crippen molar-refractivity contribution in [3.63, 3.8) is 0 Å². The van der Waals surface area contributed by atoms with Gasteiger partial charge in [-0.25, -0.2) is 4.98 Å². The van der Waals surface area contributed by atoms with Crippen molar-refractivity contribution >= 4 is 34.3 Å². The molecule has 4 aromatic rings. The quantitative estimate of drug-likeness (QED) is 0.352. The Hall–Kier alpha value is -2.83. The summed E-state index contributed by atoms with van der Waals surface area (Å²) in [6.45, 7) is 0. The summed E-state index contributed by atoms with van der Waals surface area (Å²) < 4.78 is 7.02. The van der Waals surface area contributed by atoms with Crippen LogP contribution in [0.2, 0.25) is 5.02 Å². The monoisotopic (exact) mass is 409 g/mol.